The van der Waals surface area contributed by atoms with Crippen molar-refractivity contribution < 1.29 is 28.9 Å². The van der Waals surface area contributed by atoms with Gasteiger partial charge < -0.3 is 24.2 Å². The number of carbonyl (C=O) groups is 2. The first kappa shape index (κ1) is 25.3. The van der Waals surface area contributed by atoms with Crippen LogP contribution in [-0.2, 0) is 20.7 Å². The van der Waals surface area contributed by atoms with Gasteiger partial charge in [0.1, 0.15) is 23.4 Å². The molecule has 37 heavy (non-hydrogen) atoms. The molecule has 2 unspecified atom stereocenters. The number of carbonyl (C=O) groups excluding carboxylic acids is 2. The van der Waals surface area contributed by atoms with Gasteiger partial charge in [0.15, 0.2) is 0 Å². The highest BCUT2D eigenvalue weighted by Crippen LogP contribution is 2.41. The lowest BCUT2D eigenvalue weighted by molar-refractivity contribution is -0.140. The van der Waals surface area contributed by atoms with Crippen molar-refractivity contribution in [1.29, 1.82) is 0 Å². The molecule has 3 aliphatic heterocycles. The molecule has 0 aromatic heterocycles. The zero-order chi connectivity index (χ0) is 25.9. The van der Waals surface area contributed by atoms with Crippen molar-refractivity contribution in [3.63, 3.8) is 0 Å². The Morgan fingerprint density at radius 1 is 1.11 bits per heavy atom. The molecule has 0 aliphatic carbocycles. The van der Waals surface area contributed by atoms with Crippen molar-refractivity contribution in [1.82, 2.24) is 9.80 Å². The fourth-order valence-electron chi connectivity index (χ4n) is 5.41. The molecule has 8 nitrogen and oxygen atoms in total. The van der Waals surface area contributed by atoms with Crippen LogP contribution in [-0.4, -0.2) is 78.7 Å². The summed E-state index contributed by atoms with van der Waals surface area (Å²) in [7, 11) is 0. The Kier molecular flexibility index (Phi) is 7.48. The first-order valence-corrected chi connectivity index (χ1v) is 13.1. The summed E-state index contributed by atoms with van der Waals surface area (Å²) in [6, 6.07) is 12.1. The maximum Gasteiger partial charge on any atom is 0.295 e. The standard InChI is InChI=1S/C29H34N2O6/c1-3-36-23-7-4-6-20(18-23)26-25(27(32)21-8-9-24-22(17-21)16-19(2)37-24)28(33)29(34)31(26)11-5-10-30-12-14-35-15-13-30/h4,6-9,17-19,26,32H,3,5,10-16H2,1-2H3/b27-25-. The van der Waals surface area contributed by atoms with Crippen LogP contribution in [0.1, 0.15) is 43.0 Å². The van der Waals surface area contributed by atoms with Gasteiger partial charge in [-0.05, 0) is 61.7 Å². The number of likely N-dealkylation sites (tertiary alicyclic amines) is 1. The molecule has 1 N–H and O–H groups in total. The van der Waals surface area contributed by atoms with Gasteiger partial charge in [0, 0.05) is 38.2 Å². The van der Waals surface area contributed by atoms with Gasteiger partial charge in [-0.3, -0.25) is 14.5 Å². The predicted molar refractivity (Wildman–Crippen MR) is 139 cm³/mol. The molecule has 0 radical (unpaired) electrons. The molecule has 0 bridgehead atoms. The van der Waals surface area contributed by atoms with E-state index in [9.17, 15) is 14.7 Å². The van der Waals surface area contributed by atoms with E-state index < -0.39 is 17.7 Å². The number of morpholine rings is 1. The predicted octanol–water partition coefficient (Wildman–Crippen LogP) is 3.55. The smallest absolute Gasteiger partial charge is 0.295 e. The second kappa shape index (κ2) is 10.9. The lowest BCUT2D eigenvalue weighted by atomic mass is 9.94. The van der Waals surface area contributed by atoms with E-state index in [1.165, 1.54) is 0 Å². The second-order valence-electron chi connectivity index (χ2n) is 9.76. The maximum absolute atomic E-state index is 13.4. The molecule has 2 aromatic carbocycles. The fourth-order valence-corrected chi connectivity index (χ4v) is 5.41. The average Bonchev–Trinajstić information content (AvgIpc) is 3.40. The third-order valence-corrected chi connectivity index (χ3v) is 7.17. The van der Waals surface area contributed by atoms with Gasteiger partial charge in [-0.15, -0.1) is 0 Å². The van der Waals surface area contributed by atoms with Crippen LogP contribution in [0, 0.1) is 0 Å². The van der Waals surface area contributed by atoms with Crippen molar-refractivity contribution in [3.8, 4) is 11.5 Å². The molecular formula is C29H34N2O6. The molecule has 3 aliphatic rings. The monoisotopic (exact) mass is 506 g/mol. The molecule has 8 heteroatoms. The van der Waals surface area contributed by atoms with E-state index in [4.69, 9.17) is 14.2 Å². The molecule has 2 atom stereocenters. The van der Waals surface area contributed by atoms with Crippen LogP contribution in [0.4, 0.5) is 0 Å². The first-order chi connectivity index (χ1) is 18.0. The molecule has 1 amide bonds. The van der Waals surface area contributed by atoms with E-state index in [0.29, 0.717) is 44.1 Å². The minimum absolute atomic E-state index is 0.0609. The van der Waals surface area contributed by atoms with Gasteiger partial charge in [-0.2, -0.15) is 0 Å². The molecule has 2 aromatic rings. The van der Waals surface area contributed by atoms with Crippen molar-refractivity contribution in [3.05, 3.63) is 64.7 Å². The van der Waals surface area contributed by atoms with E-state index in [2.05, 4.69) is 4.90 Å². The minimum Gasteiger partial charge on any atom is -0.507 e. The largest absolute Gasteiger partial charge is 0.507 e. The summed E-state index contributed by atoms with van der Waals surface area (Å²) in [5, 5.41) is 11.4. The van der Waals surface area contributed by atoms with E-state index >= 15 is 0 Å². The van der Waals surface area contributed by atoms with E-state index in [1.54, 1.807) is 11.0 Å². The van der Waals surface area contributed by atoms with Crippen molar-refractivity contribution >= 4 is 17.4 Å². The van der Waals surface area contributed by atoms with E-state index in [-0.39, 0.29) is 17.4 Å². The summed E-state index contributed by atoms with van der Waals surface area (Å²) in [6.45, 7) is 8.74. The number of nitrogens with zero attached hydrogens (tertiary/aromatic N) is 2. The molecule has 0 saturated carbocycles. The Bertz CT molecular complexity index is 1200. The van der Waals surface area contributed by atoms with E-state index in [0.717, 1.165) is 42.9 Å². The molecule has 5 rings (SSSR count). The molecule has 0 spiro atoms. The quantitative estimate of drug-likeness (QED) is 0.333. The Morgan fingerprint density at radius 2 is 1.92 bits per heavy atom. The maximum atomic E-state index is 13.4. The molecule has 196 valence electrons. The summed E-state index contributed by atoms with van der Waals surface area (Å²) < 4.78 is 16.9. The van der Waals surface area contributed by atoms with Crippen LogP contribution in [0.2, 0.25) is 0 Å². The lowest BCUT2D eigenvalue weighted by Crippen LogP contribution is -2.38. The second-order valence-corrected chi connectivity index (χ2v) is 9.76. The van der Waals surface area contributed by atoms with Crippen molar-refractivity contribution in [2.24, 2.45) is 0 Å². The summed E-state index contributed by atoms with van der Waals surface area (Å²) in [4.78, 5) is 30.6. The van der Waals surface area contributed by atoms with Crippen LogP contribution in [0.15, 0.2) is 48.0 Å². The molecule has 3 heterocycles. The van der Waals surface area contributed by atoms with Gasteiger partial charge in [0.2, 0.25) is 0 Å². The number of aliphatic hydroxyl groups excluding tert-OH is 1. The Hall–Kier alpha value is -3.36. The number of benzene rings is 2. The number of rotatable bonds is 8. The number of ether oxygens (including phenoxy) is 3. The van der Waals surface area contributed by atoms with Crippen LogP contribution >= 0.6 is 0 Å². The van der Waals surface area contributed by atoms with Gasteiger partial charge in [-0.1, -0.05) is 12.1 Å². The summed E-state index contributed by atoms with van der Waals surface area (Å²) in [5.41, 5.74) is 2.33. The van der Waals surface area contributed by atoms with Crippen LogP contribution in [0.5, 0.6) is 11.5 Å². The lowest BCUT2D eigenvalue weighted by Gasteiger charge is -2.29. The normalized spacial score (nSPS) is 23.2. The summed E-state index contributed by atoms with van der Waals surface area (Å²) in [6.07, 6.45) is 1.50. The summed E-state index contributed by atoms with van der Waals surface area (Å²) in [5.74, 6) is 0.0219. The summed E-state index contributed by atoms with van der Waals surface area (Å²) >= 11 is 0. The third kappa shape index (κ3) is 5.22. The Labute approximate surface area is 217 Å². The Morgan fingerprint density at radius 3 is 2.70 bits per heavy atom. The molecular weight excluding hydrogens is 472 g/mol. The van der Waals surface area contributed by atoms with Gasteiger partial charge in [0.25, 0.3) is 11.7 Å². The van der Waals surface area contributed by atoms with Crippen molar-refractivity contribution in [2.75, 3.05) is 46.0 Å². The number of hydrogen-bond donors (Lipinski definition) is 1. The SMILES string of the molecule is CCOc1cccc(C2/C(=C(/O)c3ccc4c(c3)CC(C)O4)C(=O)C(=O)N2CCCN2CCOCC2)c1. The fraction of sp³-hybridized carbons (Fsp3) is 0.448. The van der Waals surface area contributed by atoms with Crippen LogP contribution in [0.3, 0.4) is 0 Å². The Balaban J connectivity index is 1.49. The van der Waals surface area contributed by atoms with Gasteiger partial charge in [0.05, 0.1) is 31.4 Å². The zero-order valence-corrected chi connectivity index (χ0v) is 21.4. The first-order valence-electron chi connectivity index (χ1n) is 13.1. The highest BCUT2D eigenvalue weighted by atomic mass is 16.5. The minimum atomic E-state index is -0.700. The van der Waals surface area contributed by atoms with Gasteiger partial charge in [-0.25, -0.2) is 0 Å². The third-order valence-electron chi connectivity index (χ3n) is 7.17. The topological polar surface area (TPSA) is 88.5 Å². The number of aliphatic hydroxyl groups is 1. The highest BCUT2D eigenvalue weighted by molar-refractivity contribution is 6.46. The molecule has 2 fully saturated rings. The number of amides is 1. The van der Waals surface area contributed by atoms with E-state index in [1.807, 2.05) is 50.2 Å². The zero-order valence-electron chi connectivity index (χ0n) is 21.4. The molecule has 2 saturated heterocycles. The highest BCUT2D eigenvalue weighted by Gasteiger charge is 2.46. The number of Topliss-reactive ketones (excluding diaryl/α,β-unsaturated/α-hetero) is 1. The number of fused-ring (bicyclic) bond motifs is 1. The number of hydrogen-bond acceptors (Lipinski definition) is 7. The van der Waals surface area contributed by atoms with Crippen LogP contribution < -0.4 is 9.47 Å². The van der Waals surface area contributed by atoms with Crippen molar-refractivity contribution in [2.45, 2.75) is 38.8 Å². The average molecular weight is 507 g/mol. The number of ketones is 1. The van der Waals surface area contributed by atoms with Crippen LogP contribution in [0.25, 0.3) is 5.76 Å². The van der Waals surface area contributed by atoms with Gasteiger partial charge >= 0.3 is 0 Å².